The van der Waals surface area contributed by atoms with E-state index in [1.165, 1.54) is 13.8 Å². The van der Waals surface area contributed by atoms with Crippen LogP contribution in [0.5, 0.6) is 0 Å². The Morgan fingerprint density at radius 3 is 1.67 bits per heavy atom. The number of amides is 2. The summed E-state index contributed by atoms with van der Waals surface area (Å²) in [4.78, 5) is 20.4. The van der Waals surface area contributed by atoms with Crippen LogP contribution < -0.4 is 11.0 Å². The molecule has 2 N–H and O–H groups in total. The van der Waals surface area contributed by atoms with Crippen molar-refractivity contribution in [2.75, 3.05) is 0 Å². The van der Waals surface area contributed by atoms with Crippen LogP contribution in [0, 0.1) is 0 Å². The van der Waals surface area contributed by atoms with Crippen LogP contribution in [0.15, 0.2) is 0 Å². The summed E-state index contributed by atoms with van der Waals surface area (Å²) >= 11 is 0. The van der Waals surface area contributed by atoms with Crippen LogP contribution in [0.3, 0.4) is 0 Å². The van der Waals surface area contributed by atoms with Crippen molar-refractivity contribution >= 4 is 20.1 Å². The Morgan fingerprint density at radius 2 is 1.42 bits per heavy atom. The van der Waals surface area contributed by atoms with Gasteiger partial charge in [0.1, 0.15) is 0 Å². The molecule has 0 aromatic heterocycles. The molecule has 0 saturated heterocycles. The highest BCUT2D eigenvalue weighted by Gasteiger charge is 2.01. The lowest BCUT2D eigenvalue weighted by molar-refractivity contribution is -0.127. The molecule has 7 nitrogen and oxygen atoms in total. The van der Waals surface area contributed by atoms with Crippen LogP contribution in [0.1, 0.15) is 13.8 Å². The number of hydroxylamine groups is 2. The van der Waals surface area contributed by atoms with E-state index in [-0.39, 0.29) is 0 Å². The van der Waals surface area contributed by atoms with E-state index in [0.717, 1.165) is 0 Å². The molecule has 0 aliphatic carbocycles. The standard InChI is InChI=1S/C4H9N2O5P/c1-3(7)5-10-12(9)11-6-4(2)8/h12H,1-2H3,(H,5,7)(H,6,8). The second-order valence-corrected chi connectivity index (χ2v) is 2.68. The van der Waals surface area contributed by atoms with Gasteiger partial charge in [-0.25, -0.2) is 11.0 Å². The lowest BCUT2D eigenvalue weighted by Gasteiger charge is -2.03. The third kappa shape index (κ3) is 7.20. The molecule has 0 spiro atoms. The summed E-state index contributed by atoms with van der Waals surface area (Å²) < 4.78 is 18.9. The van der Waals surface area contributed by atoms with Crippen LogP contribution in [0.25, 0.3) is 0 Å². The van der Waals surface area contributed by atoms with Crippen molar-refractivity contribution in [3.8, 4) is 0 Å². The van der Waals surface area contributed by atoms with Gasteiger partial charge in [-0.2, -0.15) is 9.25 Å². The van der Waals surface area contributed by atoms with E-state index in [1.807, 2.05) is 0 Å². The van der Waals surface area contributed by atoms with Crippen molar-refractivity contribution < 1.29 is 23.4 Å². The normalized spacial score (nSPS) is 9.58. The molecule has 12 heavy (non-hydrogen) atoms. The Morgan fingerprint density at radius 1 is 1.08 bits per heavy atom. The molecule has 0 heterocycles. The first-order valence-corrected chi connectivity index (χ1v) is 4.15. The first kappa shape index (κ1) is 11.1. The minimum Gasteiger partial charge on any atom is -0.273 e. The first-order chi connectivity index (χ1) is 5.52. The minimum atomic E-state index is -2.89. The van der Waals surface area contributed by atoms with Crippen molar-refractivity contribution in [2.24, 2.45) is 0 Å². The fourth-order valence-corrected chi connectivity index (χ4v) is 0.744. The third-order valence-electron chi connectivity index (χ3n) is 0.556. The zero-order valence-corrected chi connectivity index (χ0v) is 7.54. The average molecular weight is 196 g/mol. The molecule has 0 atom stereocenters. The van der Waals surface area contributed by atoms with Crippen molar-refractivity contribution in [2.45, 2.75) is 13.8 Å². The Kier molecular flexibility index (Phi) is 5.27. The number of nitrogens with one attached hydrogen (secondary N) is 2. The SMILES string of the molecule is CC(=O)NO[PH](=O)ONC(C)=O. The maximum absolute atomic E-state index is 10.6. The molecule has 0 aromatic rings. The minimum absolute atomic E-state index is 0.514. The highest BCUT2D eigenvalue weighted by Crippen LogP contribution is 2.18. The van der Waals surface area contributed by atoms with Crippen LogP contribution >= 0.6 is 8.25 Å². The Labute approximate surface area is 69.3 Å². The molecule has 0 fully saturated rings. The Balaban J connectivity index is 3.47. The lowest BCUT2D eigenvalue weighted by atomic mass is 10.8. The van der Waals surface area contributed by atoms with Crippen LogP contribution in [0.4, 0.5) is 0 Å². The van der Waals surface area contributed by atoms with Crippen LogP contribution in [0.2, 0.25) is 0 Å². The molecule has 0 aromatic carbocycles. The highest BCUT2D eigenvalue weighted by atomic mass is 31.1. The molecule has 0 bridgehead atoms. The Bertz CT molecular complexity index is 186. The van der Waals surface area contributed by atoms with Gasteiger partial charge in [0.05, 0.1) is 0 Å². The van der Waals surface area contributed by atoms with E-state index in [2.05, 4.69) is 9.25 Å². The third-order valence-corrected chi connectivity index (χ3v) is 1.09. The van der Waals surface area contributed by atoms with E-state index in [4.69, 9.17) is 0 Å². The number of hydrogen-bond donors (Lipinski definition) is 2. The van der Waals surface area contributed by atoms with Crippen LogP contribution in [-0.2, 0) is 23.4 Å². The Hall–Kier alpha value is -0.910. The van der Waals surface area contributed by atoms with E-state index in [9.17, 15) is 14.2 Å². The number of hydrogen-bond acceptors (Lipinski definition) is 5. The number of rotatable bonds is 4. The van der Waals surface area contributed by atoms with Gasteiger partial charge in [-0.15, -0.1) is 0 Å². The van der Waals surface area contributed by atoms with Gasteiger partial charge in [-0.05, 0) is 0 Å². The van der Waals surface area contributed by atoms with E-state index in [0.29, 0.717) is 0 Å². The molecule has 0 unspecified atom stereocenters. The fourth-order valence-electron chi connectivity index (χ4n) is 0.248. The molecule has 0 rings (SSSR count). The van der Waals surface area contributed by atoms with Gasteiger partial charge in [0.25, 0.3) is 0 Å². The van der Waals surface area contributed by atoms with E-state index >= 15 is 0 Å². The summed E-state index contributed by atoms with van der Waals surface area (Å²) in [6, 6.07) is 0. The van der Waals surface area contributed by atoms with Gasteiger partial charge < -0.3 is 0 Å². The smallest absolute Gasteiger partial charge is 0.273 e. The van der Waals surface area contributed by atoms with Crippen molar-refractivity contribution in [3.05, 3.63) is 0 Å². The van der Waals surface area contributed by atoms with Gasteiger partial charge in [0, 0.05) is 13.8 Å². The zero-order valence-electron chi connectivity index (χ0n) is 6.54. The molecular formula is C4H9N2O5P. The molecule has 70 valence electrons. The summed E-state index contributed by atoms with van der Waals surface area (Å²) in [6.07, 6.45) is 0. The monoisotopic (exact) mass is 196 g/mol. The van der Waals surface area contributed by atoms with E-state index in [1.54, 1.807) is 11.0 Å². The summed E-state index contributed by atoms with van der Waals surface area (Å²) in [6.45, 7) is 2.35. The number of carbonyl (C=O) groups excluding carboxylic acids is 2. The molecular weight excluding hydrogens is 187 g/mol. The molecule has 0 saturated carbocycles. The van der Waals surface area contributed by atoms with Crippen molar-refractivity contribution in [1.82, 2.24) is 11.0 Å². The van der Waals surface area contributed by atoms with Gasteiger partial charge in [0.15, 0.2) is 0 Å². The molecule has 2 amide bonds. The predicted molar refractivity (Wildman–Crippen MR) is 38.8 cm³/mol. The van der Waals surface area contributed by atoms with Gasteiger partial charge in [-0.1, -0.05) is 0 Å². The quantitative estimate of drug-likeness (QED) is 0.467. The topological polar surface area (TPSA) is 93.7 Å². The first-order valence-electron chi connectivity index (χ1n) is 2.93. The zero-order chi connectivity index (χ0) is 9.56. The largest absolute Gasteiger partial charge is 0.361 e. The molecule has 8 heteroatoms. The summed E-state index contributed by atoms with van der Waals surface area (Å²) in [5, 5.41) is 0. The van der Waals surface area contributed by atoms with Crippen molar-refractivity contribution in [1.29, 1.82) is 0 Å². The van der Waals surface area contributed by atoms with Gasteiger partial charge in [0.2, 0.25) is 11.8 Å². The highest BCUT2D eigenvalue weighted by molar-refractivity contribution is 7.33. The lowest BCUT2D eigenvalue weighted by Crippen LogP contribution is -2.20. The fraction of sp³-hybridized carbons (Fsp3) is 0.500. The van der Waals surface area contributed by atoms with Gasteiger partial charge >= 0.3 is 8.25 Å². The summed E-state index contributed by atoms with van der Waals surface area (Å²) in [5.41, 5.74) is 3.57. The predicted octanol–water partition coefficient (Wildman–Crippen LogP) is -0.489. The summed E-state index contributed by atoms with van der Waals surface area (Å²) in [5.74, 6) is -1.03. The molecule has 0 aliphatic rings. The van der Waals surface area contributed by atoms with Crippen molar-refractivity contribution in [3.63, 3.8) is 0 Å². The average Bonchev–Trinajstić information content (AvgIpc) is 1.96. The summed E-state index contributed by atoms with van der Waals surface area (Å²) in [7, 11) is -2.89. The second kappa shape index (κ2) is 5.70. The van der Waals surface area contributed by atoms with Crippen LogP contribution in [-0.4, -0.2) is 11.8 Å². The molecule has 0 aliphatic heterocycles. The van der Waals surface area contributed by atoms with Gasteiger partial charge in [-0.3, -0.25) is 14.2 Å². The second-order valence-electron chi connectivity index (χ2n) is 1.77. The maximum atomic E-state index is 10.6. The van der Waals surface area contributed by atoms with E-state index < -0.39 is 20.1 Å². The molecule has 0 radical (unpaired) electrons. The number of carbonyl (C=O) groups is 2. The maximum Gasteiger partial charge on any atom is 0.361 e.